The fraction of sp³-hybridized carbons (Fsp3) is 1.00. The second-order valence-electron chi connectivity index (χ2n) is 7.87. The Kier molecular flexibility index (Phi) is 8.79. The van der Waals surface area contributed by atoms with Crippen LogP contribution in [0.4, 0.5) is 0 Å². The van der Waals surface area contributed by atoms with Crippen molar-refractivity contribution in [2.75, 3.05) is 39.5 Å². The average Bonchev–Trinajstić information content (AvgIpc) is 3.24. The summed E-state index contributed by atoms with van der Waals surface area (Å²) < 4.78 is 11.4. The second kappa shape index (κ2) is 10.3. The molecule has 2 aliphatic carbocycles. The van der Waals surface area contributed by atoms with Gasteiger partial charge in [-0.25, -0.2) is 0 Å². The topological polar surface area (TPSA) is 42.5 Å². The monoisotopic (exact) mass is 360 g/mol. The first-order valence-electron chi connectivity index (χ1n) is 9.95. The molecule has 2 N–H and O–H groups in total. The van der Waals surface area contributed by atoms with Crippen LogP contribution in [0.25, 0.3) is 0 Å². The van der Waals surface area contributed by atoms with Gasteiger partial charge in [0.05, 0.1) is 13.2 Å². The molecule has 3 fully saturated rings. The van der Waals surface area contributed by atoms with Gasteiger partial charge < -0.3 is 20.1 Å². The van der Waals surface area contributed by atoms with Gasteiger partial charge in [-0.15, -0.1) is 12.4 Å². The largest absolute Gasteiger partial charge is 0.382 e. The van der Waals surface area contributed by atoms with Crippen molar-refractivity contribution in [2.24, 2.45) is 11.3 Å². The van der Waals surface area contributed by atoms with Gasteiger partial charge in [0, 0.05) is 38.4 Å². The highest BCUT2D eigenvalue weighted by molar-refractivity contribution is 5.85. The van der Waals surface area contributed by atoms with E-state index in [1.807, 2.05) is 0 Å². The van der Waals surface area contributed by atoms with E-state index in [1.54, 1.807) is 0 Å². The molecule has 0 aromatic rings. The highest BCUT2D eigenvalue weighted by Gasteiger charge is 2.38. The van der Waals surface area contributed by atoms with Crippen LogP contribution in [0.3, 0.4) is 0 Å². The minimum Gasteiger partial charge on any atom is -0.382 e. The fourth-order valence-electron chi connectivity index (χ4n) is 5.01. The Balaban J connectivity index is 0.00000208. The summed E-state index contributed by atoms with van der Waals surface area (Å²) in [5.41, 5.74) is 0.499. The molecule has 0 bridgehead atoms. The Labute approximate surface area is 154 Å². The maximum absolute atomic E-state index is 5.70. The maximum atomic E-state index is 5.70. The maximum Gasteiger partial charge on any atom is 0.0623 e. The van der Waals surface area contributed by atoms with Gasteiger partial charge in [0.1, 0.15) is 0 Å². The molecule has 5 heteroatoms. The molecule has 3 aliphatic rings. The summed E-state index contributed by atoms with van der Waals surface area (Å²) in [7, 11) is 0. The van der Waals surface area contributed by atoms with Crippen LogP contribution in [0.1, 0.15) is 58.3 Å². The second-order valence-corrected chi connectivity index (χ2v) is 7.87. The molecule has 0 aromatic carbocycles. The molecular formula is C19H37ClN2O2. The van der Waals surface area contributed by atoms with Crippen molar-refractivity contribution in [3.05, 3.63) is 0 Å². The Bertz CT molecular complexity index is 344. The van der Waals surface area contributed by atoms with Crippen molar-refractivity contribution in [3.8, 4) is 0 Å². The van der Waals surface area contributed by atoms with Crippen molar-refractivity contribution in [2.45, 2.75) is 70.4 Å². The van der Waals surface area contributed by atoms with E-state index in [1.165, 1.54) is 57.9 Å². The zero-order valence-electron chi connectivity index (χ0n) is 15.4. The van der Waals surface area contributed by atoms with Crippen molar-refractivity contribution < 1.29 is 9.47 Å². The van der Waals surface area contributed by atoms with Gasteiger partial charge in [0.15, 0.2) is 0 Å². The van der Waals surface area contributed by atoms with Crippen LogP contribution in [0, 0.1) is 11.3 Å². The molecule has 0 spiro atoms. The minimum atomic E-state index is 0. The Morgan fingerprint density at radius 2 is 2.04 bits per heavy atom. The summed E-state index contributed by atoms with van der Waals surface area (Å²) in [4.78, 5) is 0. The highest BCUT2D eigenvalue weighted by atomic mass is 35.5. The molecule has 0 aromatic heterocycles. The molecule has 2 saturated carbocycles. The number of halogens is 1. The lowest BCUT2D eigenvalue weighted by Crippen LogP contribution is -2.52. The molecule has 0 amide bonds. The van der Waals surface area contributed by atoms with E-state index < -0.39 is 0 Å². The predicted octanol–water partition coefficient (Wildman–Crippen LogP) is 3.14. The van der Waals surface area contributed by atoms with E-state index in [0.29, 0.717) is 17.5 Å². The Hall–Kier alpha value is 0.130. The molecule has 142 valence electrons. The van der Waals surface area contributed by atoms with E-state index in [4.69, 9.17) is 9.47 Å². The third kappa shape index (κ3) is 5.31. The summed E-state index contributed by atoms with van der Waals surface area (Å²) in [5, 5.41) is 7.67. The van der Waals surface area contributed by atoms with Crippen molar-refractivity contribution in [3.63, 3.8) is 0 Å². The quantitative estimate of drug-likeness (QED) is 0.652. The molecule has 1 heterocycles. The van der Waals surface area contributed by atoms with E-state index in [-0.39, 0.29) is 12.4 Å². The summed E-state index contributed by atoms with van der Waals surface area (Å²) >= 11 is 0. The van der Waals surface area contributed by atoms with Gasteiger partial charge in [-0.2, -0.15) is 0 Å². The van der Waals surface area contributed by atoms with Crippen molar-refractivity contribution in [1.82, 2.24) is 10.6 Å². The fourth-order valence-corrected chi connectivity index (χ4v) is 5.01. The Morgan fingerprint density at radius 3 is 2.75 bits per heavy atom. The van der Waals surface area contributed by atoms with Crippen molar-refractivity contribution in [1.29, 1.82) is 0 Å². The van der Waals surface area contributed by atoms with Crippen LogP contribution in [-0.2, 0) is 9.47 Å². The zero-order valence-corrected chi connectivity index (χ0v) is 16.2. The number of nitrogens with one attached hydrogen (secondary N) is 2. The lowest BCUT2D eigenvalue weighted by molar-refractivity contribution is 0.0506. The van der Waals surface area contributed by atoms with Gasteiger partial charge in [-0.3, -0.25) is 0 Å². The lowest BCUT2D eigenvalue weighted by atomic mass is 9.82. The molecule has 3 atom stereocenters. The van der Waals surface area contributed by atoms with E-state index in [9.17, 15) is 0 Å². The summed E-state index contributed by atoms with van der Waals surface area (Å²) in [6.07, 6.45) is 10.9. The van der Waals surface area contributed by atoms with Crippen LogP contribution in [0.5, 0.6) is 0 Å². The Morgan fingerprint density at radius 1 is 1.21 bits per heavy atom. The third-order valence-electron chi connectivity index (χ3n) is 6.42. The lowest BCUT2D eigenvalue weighted by Gasteiger charge is -2.36. The number of morpholine rings is 1. The number of hydrogen-bond donors (Lipinski definition) is 2. The molecule has 3 rings (SSSR count). The highest BCUT2D eigenvalue weighted by Crippen LogP contribution is 2.41. The van der Waals surface area contributed by atoms with Crippen LogP contribution in [-0.4, -0.2) is 51.6 Å². The van der Waals surface area contributed by atoms with Gasteiger partial charge in [-0.05, 0) is 50.4 Å². The standard InChI is InChI=1S/C19H36N2O2.ClH/c1-2-22-12-10-19(8-3-4-9-19)15-21-17-7-5-6-16(17)18-14-23-13-11-20-18;/h16-18,20-21H,2-15H2,1H3;1H. The van der Waals surface area contributed by atoms with Crippen LogP contribution >= 0.6 is 12.4 Å². The number of hydrogen-bond acceptors (Lipinski definition) is 4. The first-order valence-corrected chi connectivity index (χ1v) is 9.95. The van der Waals surface area contributed by atoms with E-state index >= 15 is 0 Å². The number of ether oxygens (including phenoxy) is 2. The summed E-state index contributed by atoms with van der Waals surface area (Å²) in [5.74, 6) is 0.751. The molecule has 0 radical (unpaired) electrons. The summed E-state index contributed by atoms with van der Waals surface area (Å²) in [6, 6.07) is 1.24. The van der Waals surface area contributed by atoms with Gasteiger partial charge >= 0.3 is 0 Å². The first kappa shape index (κ1) is 20.4. The van der Waals surface area contributed by atoms with Crippen LogP contribution < -0.4 is 10.6 Å². The predicted molar refractivity (Wildman–Crippen MR) is 101 cm³/mol. The normalized spacial score (nSPS) is 32.6. The van der Waals surface area contributed by atoms with Crippen molar-refractivity contribution >= 4 is 12.4 Å². The van der Waals surface area contributed by atoms with Crippen LogP contribution in [0.2, 0.25) is 0 Å². The van der Waals surface area contributed by atoms with Gasteiger partial charge in [-0.1, -0.05) is 19.3 Å². The minimum absolute atomic E-state index is 0. The third-order valence-corrected chi connectivity index (χ3v) is 6.42. The molecule has 1 saturated heterocycles. The zero-order chi connectivity index (χ0) is 16.0. The SMILES string of the molecule is CCOCCC1(CNC2CCCC2C2COCCN2)CCCC1.Cl. The van der Waals surface area contributed by atoms with Gasteiger partial charge in [0.25, 0.3) is 0 Å². The smallest absolute Gasteiger partial charge is 0.0623 e. The summed E-state index contributed by atoms with van der Waals surface area (Å²) in [6.45, 7) is 7.87. The average molecular weight is 361 g/mol. The van der Waals surface area contributed by atoms with Crippen LogP contribution in [0.15, 0.2) is 0 Å². The van der Waals surface area contributed by atoms with E-state index in [2.05, 4.69) is 17.6 Å². The molecule has 3 unspecified atom stereocenters. The first-order chi connectivity index (χ1) is 11.3. The molecule has 4 nitrogen and oxygen atoms in total. The molecular weight excluding hydrogens is 324 g/mol. The van der Waals surface area contributed by atoms with E-state index in [0.717, 1.165) is 38.9 Å². The molecule has 1 aliphatic heterocycles. The number of rotatable bonds is 8. The molecule has 24 heavy (non-hydrogen) atoms. The van der Waals surface area contributed by atoms with Gasteiger partial charge in [0.2, 0.25) is 0 Å².